The highest BCUT2D eigenvalue weighted by molar-refractivity contribution is 6.00. The van der Waals surface area contributed by atoms with Crippen molar-refractivity contribution in [2.24, 2.45) is 0 Å². The highest BCUT2D eigenvalue weighted by atomic mass is 16.6. The number of nitrogens with zero attached hydrogens (tertiary/aromatic N) is 2. The number of fused-ring (bicyclic) bond motifs is 4. The van der Waals surface area contributed by atoms with Crippen molar-refractivity contribution in [3.63, 3.8) is 0 Å². The predicted octanol–water partition coefficient (Wildman–Crippen LogP) is 3.42. The monoisotopic (exact) mass is 410 g/mol. The second-order valence-electron chi connectivity index (χ2n) is 8.77. The van der Waals surface area contributed by atoms with Crippen LogP contribution in [-0.4, -0.2) is 69.3 Å². The van der Waals surface area contributed by atoms with Crippen molar-refractivity contribution in [2.75, 3.05) is 57.5 Å². The van der Waals surface area contributed by atoms with E-state index in [2.05, 4.69) is 40.1 Å². The first-order chi connectivity index (χ1) is 14.9. The zero-order valence-electron chi connectivity index (χ0n) is 17.5. The van der Waals surface area contributed by atoms with E-state index in [-0.39, 0.29) is 11.8 Å². The molecule has 30 heavy (non-hydrogen) atoms. The Balaban J connectivity index is 1.47. The van der Waals surface area contributed by atoms with Gasteiger partial charge in [-0.1, -0.05) is 24.3 Å². The zero-order valence-corrected chi connectivity index (χ0v) is 17.5. The van der Waals surface area contributed by atoms with Crippen LogP contribution < -0.4 is 14.4 Å². The minimum Gasteiger partial charge on any atom is -0.480 e. The lowest BCUT2D eigenvalue weighted by atomic mass is 9.85. The van der Waals surface area contributed by atoms with Crippen LogP contribution in [0.4, 0.5) is 5.69 Å². The maximum absolute atomic E-state index is 6.99. The first-order valence-electron chi connectivity index (χ1n) is 11.4. The maximum atomic E-state index is 6.99. The van der Waals surface area contributed by atoms with Crippen molar-refractivity contribution < 1.29 is 18.9 Å². The van der Waals surface area contributed by atoms with Crippen molar-refractivity contribution in [3.8, 4) is 11.5 Å². The lowest BCUT2D eigenvalue weighted by molar-refractivity contribution is -0.202. The Kier molecular flexibility index (Phi) is 4.74. The van der Waals surface area contributed by atoms with E-state index < -0.39 is 0 Å². The minimum atomic E-state index is -0.375. The van der Waals surface area contributed by atoms with Gasteiger partial charge < -0.3 is 23.8 Å². The van der Waals surface area contributed by atoms with E-state index in [0.717, 1.165) is 82.3 Å². The Morgan fingerprint density at radius 2 is 1.60 bits per heavy atom. The average molecular weight is 411 g/mol. The van der Waals surface area contributed by atoms with Gasteiger partial charge in [-0.05, 0) is 19.3 Å². The quantitative estimate of drug-likeness (QED) is 0.756. The second-order valence-corrected chi connectivity index (χ2v) is 8.77. The summed E-state index contributed by atoms with van der Waals surface area (Å²) in [5.74, 6) is 1.80. The second kappa shape index (κ2) is 7.59. The van der Waals surface area contributed by atoms with Crippen molar-refractivity contribution in [2.45, 2.75) is 37.5 Å². The standard InChI is InChI=1S/C24H30N2O4/c1-2-6-19-18(5-1)20(25-9-13-27-14-10-25)17-21-23(19)29-22-7-3-4-8-24(22,30-21)26-11-15-28-16-12-26/h1-2,5-6,17,22H,3-4,7-16H2/t22-,24+/m0/s1. The number of benzene rings is 2. The molecular formula is C24H30N2O4. The van der Waals surface area contributed by atoms with Crippen LogP contribution >= 0.6 is 0 Å². The SMILES string of the molecule is c1ccc2c3c(cc(N4CCOCC4)c2c1)O[C@]1(N2CCOCC2)CCCC[C@@H]1O3. The first-order valence-corrected chi connectivity index (χ1v) is 11.4. The van der Waals surface area contributed by atoms with Gasteiger partial charge in [-0.25, -0.2) is 0 Å². The largest absolute Gasteiger partial charge is 0.480 e. The molecule has 0 radical (unpaired) electrons. The average Bonchev–Trinajstić information content (AvgIpc) is 2.83. The van der Waals surface area contributed by atoms with Crippen LogP contribution in [0, 0.1) is 0 Å². The molecule has 2 atom stereocenters. The van der Waals surface area contributed by atoms with E-state index in [1.165, 1.54) is 23.9 Å². The first kappa shape index (κ1) is 18.7. The van der Waals surface area contributed by atoms with Crippen LogP contribution in [0.15, 0.2) is 30.3 Å². The normalized spacial score (nSPS) is 29.6. The molecule has 160 valence electrons. The highest BCUT2D eigenvalue weighted by Crippen LogP contribution is 2.51. The molecule has 1 saturated carbocycles. The van der Waals surface area contributed by atoms with E-state index in [1.807, 2.05) is 0 Å². The van der Waals surface area contributed by atoms with E-state index in [1.54, 1.807) is 0 Å². The van der Waals surface area contributed by atoms with Crippen molar-refractivity contribution >= 4 is 16.5 Å². The molecular weight excluding hydrogens is 380 g/mol. The summed E-state index contributed by atoms with van der Waals surface area (Å²) in [7, 11) is 0. The third-order valence-corrected chi connectivity index (χ3v) is 7.14. The Hall–Kier alpha value is -2.02. The van der Waals surface area contributed by atoms with Gasteiger partial charge in [-0.15, -0.1) is 0 Å². The van der Waals surface area contributed by atoms with Crippen LogP contribution in [0.25, 0.3) is 10.8 Å². The molecule has 0 unspecified atom stereocenters. The summed E-state index contributed by atoms with van der Waals surface area (Å²) in [5.41, 5.74) is 0.849. The number of hydrogen-bond donors (Lipinski definition) is 0. The fourth-order valence-corrected chi connectivity index (χ4v) is 5.63. The van der Waals surface area contributed by atoms with Gasteiger partial charge in [0.1, 0.15) is 0 Å². The summed E-state index contributed by atoms with van der Waals surface area (Å²) in [4.78, 5) is 4.90. The smallest absolute Gasteiger partial charge is 0.200 e. The van der Waals surface area contributed by atoms with Crippen LogP contribution in [0.3, 0.4) is 0 Å². The van der Waals surface area contributed by atoms with Crippen LogP contribution in [0.2, 0.25) is 0 Å². The fraction of sp³-hybridized carbons (Fsp3) is 0.583. The Labute approximate surface area is 177 Å². The predicted molar refractivity (Wildman–Crippen MR) is 116 cm³/mol. The van der Waals surface area contributed by atoms with Crippen molar-refractivity contribution in [1.29, 1.82) is 0 Å². The summed E-state index contributed by atoms with van der Waals surface area (Å²) in [5, 5.41) is 2.38. The number of rotatable bonds is 2. The molecule has 6 nitrogen and oxygen atoms in total. The lowest BCUT2D eigenvalue weighted by Gasteiger charge is -2.53. The highest BCUT2D eigenvalue weighted by Gasteiger charge is 2.53. The summed E-state index contributed by atoms with van der Waals surface area (Å²) >= 11 is 0. The third kappa shape index (κ3) is 2.96. The van der Waals surface area contributed by atoms with E-state index in [4.69, 9.17) is 18.9 Å². The van der Waals surface area contributed by atoms with Gasteiger partial charge in [-0.2, -0.15) is 0 Å². The molecule has 6 heteroatoms. The van der Waals surface area contributed by atoms with E-state index in [0.29, 0.717) is 0 Å². The molecule has 4 aliphatic rings. The Bertz CT molecular complexity index is 923. The van der Waals surface area contributed by atoms with Gasteiger partial charge in [0.15, 0.2) is 17.6 Å². The summed E-state index contributed by atoms with van der Waals surface area (Å²) in [6, 6.07) is 10.8. The molecule has 1 aliphatic carbocycles. The fourth-order valence-electron chi connectivity index (χ4n) is 5.63. The number of ether oxygens (including phenoxy) is 4. The zero-order chi connectivity index (χ0) is 20.0. The van der Waals surface area contributed by atoms with Gasteiger partial charge in [-0.3, -0.25) is 4.90 Å². The molecule has 2 aromatic carbocycles. The van der Waals surface area contributed by atoms with Crippen molar-refractivity contribution in [3.05, 3.63) is 30.3 Å². The summed E-state index contributed by atoms with van der Waals surface area (Å²) in [6.45, 7) is 6.67. The van der Waals surface area contributed by atoms with Gasteiger partial charge in [0.25, 0.3) is 0 Å². The lowest BCUT2D eigenvalue weighted by Crippen LogP contribution is -2.67. The maximum Gasteiger partial charge on any atom is 0.200 e. The molecule has 0 bridgehead atoms. The van der Waals surface area contributed by atoms with Crippen LogP contribution in [-0.2, 0) is 9.47 Å². The minimum absolute atomic E-state index is 0.0643. The summed E-state index contributed by atoms with van der Waals surface area (Å²) < 4.78 is 25.0. The van der Waals surface area contributed by atoms with Gasteiger partial charge in [0.2, 0.25) is 5.72 Å². The molecule has 3 aliphatic heterocycles. The van der Waals surface area contributed by atoms with Gasteiger partial charge >= 0.3 is 0 Å². The molecule has 0 amide bonds. The van der Waals surface area contributed by atoms with Crippen molar-refractivity contribution in [1.82, 2.24) is 4.90 Å². The molecule has 2 saturated heterocycles. The van der Waals surface area contributed by atoms with E-state index >= 15 is 0 Å². The third-order valence-electron chi connectivity index (χ3n) is 7.14. The number of morpholine rings is 2. The van der Waals surface area contributed by atoms with Gasteiger partial charge in [0.05, 0.1) is 26.4 Å². The molecule has 3 fully saturated rings. The molecule has 0 aromatic heterocycles. The molecule has 0 spiro atoms. The van der Waals surface area contributed by atoms with Crippen LogP contribution in [0.5, 0.6) is 11.5 Å². The van der Waals surface area contributed by atoms with Gasteiger partial charge in [0, 0.05) is 55.1 Å². The number of anilines is 1. The molecule has 6 rings (SSSR count). The Morgan fingerprint density at radius 1 is 0.867 bits per heavy atom. The molecule has 2 aromatic rings. The molecule has 0 N–H and O–H groups in total. The summed E-state index contributed by atoms with van der Waals surface area (Å²) in [6.07, 6.45) is 4.48. The van der Waals surface area contributed by atoms with Crippen LogP contribution in [0.1, 0.15) is 25.7 Å². The van der Waals surface area contributed by atoms with E-state index in [9.17, 15) is 0 Å². The molecule has 3 heterocycles. The Morgan fingerprint density at radius 3 is 2.40 bits per heavy atom. The number of hydrogen-bond acceptors (Lipinski definition) is 6. The topological polar surface area (TPSA) is 43.4 Å².